The van der Waals surface area contributed by atoms with Crippen LogP contribution in [-0.4, -0.2) is 10.2 Å². The van der Waals surface area contributed by atoms with E-state index in [1.54, 1.807) is 36.5 Å². The molecule has 2 heterocycles. The van der Waals surface area contributed by atoms with Crippen molar-refractivity contribution in [1.82, 2.24) is 0 Å². The van der Waals surface area contributed by atoms with Crippen molar-refractivity contribution in [1.29, 1.82) is 0 Å². The Morgan fingerprint density at radius 3 is 1.44 bits per heavy atom. The number of hydrogen-bond donors (Lipinski definition) is 2. The van der Waals surface area contributed by atoms with E-state index in [-0.39, 0.29) is 0 Å². The van der Waals surface area contributed by atoms with Gasteiger partial charge in [0.1, 0.15) is 0 Å². The summed E-state index contributed by atoms with van der Waals surface area (Å²) in [6.45, 7) is 3.54. The Labute approximate surface area is 103 Å². The van der Waals surface area contributed by atoms with E-state index in [4.69, 9.17) is 0 Å². The van der Waals surface area contributed by atoms with E-state index in [1.165, 1.54) is 0 Å². The van der Waals surface area contributed by atoms with E-state index in [0.29, 0.717) is 0 Å². The van der Waals surface area contributed by atoms with Gasteiger partial charge in [0.25, 0.3) is 0 Å². The highest BCUT2D eigenvalue weighted by atomic mass is 32.1. The summed E-state index contributed by atoms with van der Waals surface area (Å²) >= 11 is 3.20. The molecule has 0 aliphatic rings. The molecule has 0 saturated carbocycles. The second-order valence-corrected chi connectivity index (χ2v) is 5.99. The molecule has 2 aromatic rings. The highest BCUT2D eigenvalue weighted by Gasteiger charge is 2.10. The number of aliphatic hydroxyl groups is 2. The van der Waals surface area contributed by atoms with Gasteiger partial charge in [-0.25, -0.2) is 0 Å². The van der Waals surface area contributed by atoms with Crippen LogP contribution >= 0.6 is 22.7 Å². The van der Waals surface area contributed by atoms with Gasteiger partial charge < -0.3 is 10.2 Å². The maximum atomic E-state index is 9.45. The molecule has 2 rings (SSSR count). The lowest BCUT2D eigenvalue weighted by Gasteiger charge is -1.98. The van der Waals surface area contributed by atoms with E-state index in [2.05, 4.69) is 0 Å². The Kier molecular flexibility index (Phi) is 3.44. The molecule has 0 aliphatic heterocycles. The molecule has 2 N–H and O–H groups in total. The zero-order valence-electron chi connectivity index (χ0n) is 9.18. The van der Waals surface area contributed by atoms with Gasteiger partial charge in [-0.3, -0.25) is 0 Å². The van der Waals surface area contributed by atoms with Crippen molar-refractivity contribution >= 4 is 22.7 Å². The van der Waals surface area contributed by atoms with Crippen LogP contribution in [0.3, 0.4) is 0 Å². The van der Waals surface area contributed by atoms with Gasteiger partial charge in [-0.15, -0.1) is 22.7 Å². The largest absolute Gasteiger partial charge is 0.388 e. The Hall–Kier alpha value is -0.680. The van der Waals surface area contributed by atoms with Crippen molar-refractivity contribution in [3.63, 3.8) is 0 Å². The molecule has 2 nitrogen and oxygen atoms in total. The molecule has 0 saturated heterocycles. The van der Waals surface area contributed by atoms with Gasteiger partial charge in [0.2, 0.25) is 0 Å². The Morgan fingerprint density at radius 2 is 1.19 bits per heavy atom. The van der Waals surface area contributed by atoms with Gasteiger partial charge >= 0.3 is 0 Å². The van der Waals surface area contributed by atoms with E-state index < -0.39 is 12.2 Å². The van der Waals surface area contributed by atoms with Crippen molar-refractivity contribution < 1.29 is 10.2 Å². The van der Waals surface area contributed by atoms with Crippen LogP contribution in [0.1, 0.15) is 35.8 Å². The first-order valence-corrected chi connectivity index (χ1v) is 6.77. The highest BCUT2D eigenvalue weighted by molar-refractivity contribution is 7.22. The minimum Gasteiger partial charge on any atom is -0.388 e. The highest BCUT2D eigenvalue weighted by Crippen LogP contribution is 2.36. The van der Waals surface area contributed by atoms with E-state index in [0.717, 1.165) is 19.5 Å². The number of rotatable bonds is 3. The quantitative estimate of drug-likeness (QED) is 0.879. The third-order valence-electron chi connectivity index (χ3n) is 2.32. The summed E-state index contributed by atoms with van der Waals surface area (Å²) in [5.41, 5.74) is 0. The average Bonchev–Trinajstić information content (AvgIpc) is 2.86. The monoisotopic (exact) mass is 254 g/mol. The molecule has 86 valence electrons. The minimum atomic E-state index is -0.407. The molecule has 0 aromatic carbocycles. The molecule has 16 heavy (non-hydrogen) atoms. The van der Waals surface area contributed by atoms with Crippen LogP contribution < -0.4 is 0 Å². The lowest BCUT2D eigenvalue weighted by atomic mass is 10.3. The predicted molar refractivity (Wildman–Crippen MR) is 68.9 cm³/mol. The summed E-state index contributed by atoms with van der Waals surface area (Å²) in [6, 6.07) is 7.94. The molecular formula is C12H14O2S2. The number of hydrogen-bond acceptors (Lipinski definition) is 4. The lowest BCUT2D eigenvalue weighted by molar-refractivity contribution is 0.203. The van der Waals surface area contributed by atoms with Crippen LogP contribution in [0.15, 0.2) is 24.3 Å². The molecule has 0 radical (unpaired) electrons. The molecular weight excluding hydrogens is 240 g/mol. The Morgan fingerprint density at radius 1 is 0.812 bits per heavy atom. The lowest BCUT2D eigenvalue weighted by Crippen LogP contribution is -1.83. The second kappa shape index (κ2) is 4.67. The van der Waals surface area contributed by atoms with E-state index in [1.807, 2.05) is 24.3 Å². The summed E-state index contributed by atoms with van der Waals surface area (Å²) in [6.07, 6.45) is -0.815. The van der Waals surface area contributed by atoms with Crippen LogP contribution in [-0.2, 0) is 0 Å². The zero-order valence-corrected chi connectivity index (χ0v) is 10.8. The summed E-state index contributed by atoms with van der Waals surface area (Å²) in [5.74, 6) is 0. The Bertz CT molecular complexity index is 425. The maximum absolute atomic E-state index is 9.45. The third-order valence-corrected chi connectivity index (χ3v) is 5.03. The third kappa shape index (κ3) is 2.35. The topological polar surface area (TPSA) is 40.5 Å². The SMILES string of the molecule is C[C@@H](O)c1ccc(-c2ccc([C@@H](C)O)s2)s1. The van der Waals surface area contributed by atoms with Crippen molar-refractivity contribution in [3.8, 4) is 9.75 Å². The van der Waals surface area contributed by atoms with Crippen LogP contribution in [0, 0.1) is 0 Å². The van der Waals surface area contributed by atoms with Gasteiger partial charge in [0.05, 0.1) is 12.2 Å². The normalized spacial score (nSPS) is 15.0. The maximum Gasteiger partial charge on any atom is 0.0854 e. The first kappa shape index (κ1) is 11.8. The van der Waals surface area contributed by atoms with Crippen LogP contribution in [0.2, 0.25) is 0 Å². The Balaban J connectivity index is 2.28. The standard InChI is InChI=1S/C12H14O2S2/c1-7(13)9-3-5-11(15-9)12-6-4-10(16-12)8(2)14/h3-8,13-14H,1-2H3/t7-,8-/m1/s1. The van der Waals surface area contributed by atoms with Gasteiger partial charge in [-0.05, 0) is 38.1 Å². The summed E-state index contributed by atoms with van der Waals surface area (Å²) < 4.78 is 0. The van der Waals surface area contributed by atoms with Crippen molar-refractivity contribution in [2.24, 2.45) is 0 Å². The second-order valence-electron chi connectivity index (χ2n) is 3.76. The fourth-order valence-electron chi connectivity index (χ4n) is 1.42. The molecule has 4 heteroatoms. The van der Waals surface area contributed by atoms with Gasteiger partial charge in [0.15, 0.2) is 0 Å². The van der Waals surface area contributed by atoms with E-state index >= 15 is 0 Å². The predicted octanol–water partition coefficient (Wildman–Crippen LogP) is 3.58. The molecule has 0 bridgehead atoms. The van der Waals surface area contributed by atoms with E-state index in [9.17, 15) is 10.2 Å². The van der Waals surface area contributed by atoms with Gasteiger partial charge in [-0.1, -0.05) is 0 Å². The molecule has 0 aliphatic carbocycles. The van der Waals surface area contributed by atoms with Gasteiger partial charge in [-0.2, -0.15) is 0 Å². The minimum absolute atomic E-state index is 0.407. The van der Waals surface area contributed by atoms with Crippen LogP contribution in [0.25, 0.3) is 9.75 Å². The molecule has 0 unspecified atom stereocenters. The van der Waals surface area contributed by atoms with Crippen molar-refractivity contribution in [3.05, 3.63) is 34.0 Å². The molecule has 2 atom stereocenters. The molecule has 0 spiro atoms. The summed E-state index contributed by atoms with van der Waals surface area (Å²) in [5, 5.41) is 18.9. The van der Waals surface area contributed by atoms with Gasteiger partial charge in [0, 0.05) is 19.5 Å². The fraction of sp³-hybridized carbons (Fsp3) is 0.333. The molecule has 0 amide bonds. The summed E-state index contributed by atoms with van der Waals surface area (Å²) in [7, 11) is 0. The fourth-order valence-corrected chi connectivity index (χ4v) is 3.40. The zero-order chi connectivity index (χ0) is 11.7. The first-order chi connectivity index (χ1) is 7.58. The molecule has 0 fully saturated rings. The van der Waals surface area contributed by atoms with Crippen LogP contribution in [0.4, 0.5) is 0 Å². The smallest absolute Gasteiger partial charge is 0.0854 e. The van der Waals surface area contributed by atoms with Crippen LogP contribution in [0.5, 0.6) is 0 Å². The number of thiophene rings is 2. The number of aliphatic hydroxyl groups excluding tert-OH is 2. The first-order valence-electron chi connectivity index (χ1n) is 5.14. The van der Waals surface area contributed by atoms with Crippen molar-refractivity contribution in [2.45, 2.75) is 26.1 Å². The van der Waals surface area contributed by atoms with Crippen molar-refractivity contribution in [2.75, 3.05) is 0 Å². The molecule has 2 aromatic heterocycles. The summed E-state index contributed by atoms with van der Waals surface area (Å²) in [4.78, 5) is 4.24. The average molecular weight is 254 g/mol.